The van der Waals surface area contributed by atoms with Crippen LogP contribution in [0.3, 0.4) is 0 Å². The summed E-state index contributed by atoms with van der Waals surface area (Å²) >= 11 is 0. The molecule has 1 aliphatic heterocycles. The Labute approximate surface area is 101 Å². The number of carbonyl (C=O) groups is 1. The first-order valence-corrected chi connectivity index (χ1v) is 7.13. The second-order valence-electron chi connectivity index (χ2n) is 3.84. The van der Waals surface area contributed by atoms with Crippen molar-refractivity contribution in [2.24, 2.45) is 5.92 Å². The Bertz CT molecular complexity index is 405. The third-order valence-electron chi connectivity index (χ3n) is 2.71. The lowest BCUT2D eigenvalue weighted by atomic mass is 9.98. The van der Waals surface area contributed by atoms with Crippen LogP contribution < -0.4 is 0 Å². The summed E-state index contributed by atoms with van der Waals surface area (Å²) in [6, 6.07) is 1.64. The topological polar surface area (TPSA) is 87.5 Å². The highest BCUT2D eigenvalue weighted by Crippen LogP contribution is 2.20. The molecule has 0 radical (unpaired) electrons. The van der Waals surface area contributed by atoms with Crippen molar-refractivity contribution in [3.8, 4) is 6.07 Å². The van der Waals surface area contributed by atoms with Gasteiger partial charge in [-0.3, -0.25) is 4.79 Å². The van der Waals surface area contributed by atoms with Gasteiger partial charge in [-0.25, -0.2) is 12.7 Å². The summed E-state index contributed by atoms with van der Waals surface area (Å²) in [7, 11) is -3.47. The number of esters is 1. The third-order valence-corrected chi connectivity index (χ3v) is 4.36. The van der Waals surface area contributed by atoms with Crippen LogP contribution in [-0.4, -0.2) is 44.1 Å². The fourth-order valence-corrected chi connectivity index (χ4v) is 2.92. The minimum Gasteiger partial charge on any atom is -0.466 e. The van der Waals surface area contributed by atoms with Crippen molar-refractivity contribution < 1.29 is 17.9 Å². The minimum absolute atomic E-state index is 0.219. The molecular formula is C10H16N2O4S. The number of ether oxygens (including phenoxy) is 1. The Morgan fingerprint density at radius 2 is 2.06 bits per heavy atom. The van der Waals surface area contributed by atoms with E-state index in [1.807, 2.05) is 0 Å². The van der Waals surface area contributed by atoms with E-state index in [0.717, 1.165) is 0 Å². The van der Waals surface area contributed by atoms with Crippen molar-refractivity contribution in [1.29, 1.82) is 5.26 Å². The van der Waals surface area contributed by atoms with Gasteiger partial charge in [0.1, 0.15) is 0 Å². The van der Waals surface area contributed by atoms with Gasteiger partial charge in [-0.2, -0.15) is 5.26 Å². The molecular weight excluding hydrogens is 244 g/mol. The molecule has 6 nitrogen and oxygen atoms in total. The molecule has 0 unspecified atom stereocenters. The van der Waals surface area contributed by atoms with E-state index in [9.17, 15) is 13.2 Å². The molecule has 1 aliphatic rings. The molecule has 0 bridgehead atoms. The highest BCUT2D eigenvalue weighted by atomic mass is 32.2. The van der Waals surface area contributed by atoms with Gasteiger partial charge in [-0.15, -0.1) is 0 Å². The molecule has 1 heterocycles. The van der Waals surface area contributed by atoms with Crippen LogP contribution >= 0.6 is 0 Å². The van der Waals surface area contributed by atoms with Gasteiger partial charge in [-0.1, -0.05) is 0 Å². The average Bonchev–Trinajstić information content (AvgIpc) is 2.29. The maximum atomic E-state index is 11.6. The summed E-state index contributed by atoms with van der Waals surface area (Å²) in [5.41, 5.74) is 0. The number of carbonyl (C=O) groups excluding carboxylic acids is 1. The number of nitrogens with zero attached hydrogens (tertiary/aromatic N) is 2. The first-order chi connectivity index (χ1) is 8.01. The Hall–Kier alpha value is -1.13. The summed E-state index contributed by atoms with van der Waals surface area (Å²) < 4.78 is 29.3. The lowest BCUT2D eigenvalue weighted by Gasteiger charge is -2.29. The number of hydrogen-bond donors (Lipinski definition) is 0. The lowest BCUT2D eigenvalue weighted by molar-refractivity contribution is -0.149. The lowest BCUT2D eigenvalue weighted by Crippen LogP contribution is -2.41. The van der Waals surface area contributed by atoms with Crippen molar-refractivity contribution >= 4 is 16.0 Å². The summed E-state index contributed by atoms with van der Waals surface area (Å²) in [5.74, 6) is -0.981. The molecule has 17 heavy (non-hydrogen) atoms. The van der Waals surface area contributed by atoms with Gasteiger partial charge in [0.05, 0.1) is 18.6 Å². The molecule has 0 aromatic carbocycles. The summed E-state index contributed by atoms with van der Waals surface area (Å²) in [5, 5.41) is 8.41. The number of nitriles is 1. The van der Waals surface area contributed by atoms with E-state index in [1.54, 1.807) is 13.0 Å². The molecule has 0 N–H and O–H groups in total. The molecule has 0 aromatic rings. The van der Waals surface area contributed by atoms with Crippen LogP contribution in [0.1, 0.15) is 19.8 Å². The van der Waals surface area contributed by atoms with E-state index < -0.39 is 15.8 Å². The fourth-order valence-electron chi connectivity index (χ4n) is 1.80. The molecule has 0 spiro atoms. The average molecular weight is 260 g/mol. The van der Waals surface area contributed by atoms with Gasteiger partial charge in [0.25, 0.3) is 0 Å². The molecule has 1 saturated heterocycles. The van der Waals surface area contributed by atoms with Gasteiger partial charge in [0, 0.05) is 13.1 Å². The molecule has 1 rings (SSSR count). The smallest absolute Gasteiger partial charge is 0.309 e. The summed E-state index contributed by atoms with van der Waals surface area (Å²) in [4.78, 5) is 11.4. The molecule has 0 amide bonds. The first kappa shape index (κ1) is 13.9. The maximum absolute atomic E-state index is 11.6. The standard InChI is InChI=1S/C10H16N2O4S/c1-2-16-10(13)9-3-6-12(7-4-9)17(14,15)8-5-11/h9H,2-4,6-8H2,1H3. The van der Waals surface area contributed by atoms with Crippen LogP contribution in [0.25, 0.3) is 0 Å². The molecule has 0 aliphatic carbocycles. The van der Waals surface area contributed by atoms with Crippen LogP contribution in [-0.2, 0) is 19.6 Å². The van der Waals surface area contributed by atoms with Crippen LogP contribution in [0.4, 0.5) is 0 Å². The van der Waals surface area contributed by atoms with E-state index in [0.29, 0.717) is 19.4 Å². The number of hydrogen-bond acceptors (Lipinski definition) is 5. The van der Waals surface area contributed by atoms with Crippen molar-refractivity contribution in [2.45, 2.75) is 19.8 Å². The molecule has 96 valence electrons. The Balaban J connectivity index is 2.52. The van der Waals surface area contributed by atoms with Gasteiger partial charge < -0.3 is 4.74 Å². The Kier molecular flexibility index (Phi) is 4.90. The quantitative estimate of drug-likeness (QED) is 0.670. The Morgan fingerprint density at radius 3 is 2.53 bits per heavy atom. The fraction of sp³-hybridized carbons (Fsp3) is 0.800. The van der Waals surface area contributed by atoms with Gasteiger partial charge in [-0.05, 0) is 19.8 Å². The van der Waals surface area contributed by atoms with Crippen LogP contribution in [0, 0.1) is 17.2 Å². The zero-order valence-corrected chi connectivity index (χ0v) is 10.6. The van der Waals surface area contributed by atoms with Crippen molar-refractivity contribution in [3.63, 3.8) is 0 Å². The maximum Gasteiger partial charge on any atom is 0.309 e. The van der Waals surface area contributed by atoms with Gasteiger partial charge >= 0.3 is 5.97 Å². The predicted molar refractivity (Wildman–Crippen MR) is 60.3 cm³/mol. The Morgan fingerprint density at radius 1 is 1.47 bits per heavy atom. The minimum atomic E-state index is -3.47. The molecule has 7 heteroatoms. The van der Waals surface area contributed by atoms with E-state index in [4.69, 9.17) is 10.00 Å². The van der Waals surface area contributed by atoms with Crippen molar-refractivity contribution in [2.75, 3.05) is 25.4 Å². The monoisotopic (exact) mass is 260 g/mol. The van der Waals surface area contributed by atoms with E-state index in [2.05, 4.69) is 0 Å². The van der Waals surface area contributed by atoms with Crippen LogP contribution in [0.2, 0.25) is 0 Å². The SMILES string of the molecule is CCOC(=O)C1CCN(S(=O)(=O)CC#N)CC1. The predicted octanol–water partition coefficient (Wildman–Crippen LogP) is 0.115. The summed E-state index contributed by atoms with van der Waals surface area (Å²) in [6.45, 7) is 2.65. The second-order valence-corrected chi connectivity index (χ2v) is 5.81. The number of rotatable bonds is 4. The number of piperidine rings is 1. The molecule has 1 fully saturated rings. The third kappa shape index (κ3) is 3.68. The molecule has 0 saturated carbocycles. The second kappa shape index (κ2) is 5.98. The molecule has 0 aromatic heterocycles. The zero-order chi connectivity index (χ0) is 12.9. The van der Waals surface area contributed by atoms with E-state index >= 15 is 0 Å². The highest BCUT2D eigenvalue weighted by molar-refractivity contribution is 7.89. The zero-order valence-electron chi connectivity index (χ0n) is 9.76. The van der Waals surface area contributed by atoms with Crippen LogP contribution in [0.15, 0.2) is 0 Å². The normalized spacial score (nSPS) is 18.6. The van der Waals surface area contributed by atoms with Gasteiger partial charge in [0.2, 0.25) is 10.0 Å². The van der Waals surface area contributed by atoms with Crippen LogP contribution in [0.5, 0.6) is 0 Å². The van der Waals surface area contributed by atoms with Gasteiger partial charge in [0.15, 0.2) is 5.75 Å². The van der Waals surface area contributed by atoms with Crippen molar-refractivity contribution in [1.82, 2.24) is 4.31 Å². The highest BCUT2D eigenvalue weighted by Gasteiger charge is 2.31. The van der Waals surface area contributed by atoms with E-state index in [1.165, 1.54) is 4.31 Å². The summed E-state index contributed by atoms with van der Waals surface area (Å²) in [6.07, 6.45) is 0.924. The van der Waals surface area contributed by atoms with E-state index in [-0.39, 0.29) is 25.0 Å². The number of sulfonamides is 1. The first-order valence-electron chi connectivity index (χ1n) is 5.52. The molecule has 0 atom stereocenters. The largest absolute Gasteiger partial charge is 0.466 e. The van der Waals surface area contributed by atoms with Crippen molar-refractivity contribution in [3.05, 3.63) is 0 Å².